The van der Waals surface area contributed by atoms with E-state index in [4.69, 9.17) is 0 Å². The standard InChI is InChI=1S/C18H17F3N2O3S/c19-18(20,21)13-5-2-6-15(11-13)23-27(25,26)16-9-7-14(8-10-16)22-17(24)12-3-1-4-12/h2,5-12,23H,1,3-4H2,(H,22,24). The zero-order chi connectivity index (χ0) is 19.7. The van der Waals surface area contributed by atoms with Gasteiger partial charge < -0.3 is 5.32 Å². The highest BCUT2D eigenvalue weighted by Gasteiger charge is 2.30. The molecule has 2 aromatic carbocycles. The summed E-state index contributed by atoms with van der Waals surface area (Å²) < 4.78 is 65.1. The predicted molar refractivity (Wildman–Crippen MR) is 94.7 cm³/mol. The van der Waals surface area contributed by atoms with Gasteiger partial charge in [0, 0.05) is 17.3 Å². The highest BCUT2D eigenvalue weighted by molar-refractivity contribution is 7.92. The maximum atomic E-state index is 12.7. The lowest BCUT2D eigenvalue weighted by Crippen LogP contribution is -2.28. The number of benzene rings is 2. The van der Waals surface area contributed by atoms with Gasteiger partial charge in [-0.2, -0.15) is 13.2 Å². The molecule has 0 spiro atoms. The Morgan fingerprint density at radius 1 is 1.00 bits per heavy atom. The molecule has 0 saturated heterocycles. The smallest absolute Gasteiger partial charge is 0.326 e. The van der Waals surface area contributed by atoms with Crippen LogP contribution in [0.1, 0.15) is 24.8 Å². The minimum atomic E-state index is -4.57. The molecular weight excluding hydrogens is 381 g/mol. The molecule has 0 radical (unpaired) electrons. The topological polar surface area (TPSA) is 75.3 Å². The quantitative estimate of drug-likeness (QED) is 0.791. The fraction of sp³-hybridized carbons (Fsp3) is 0.278. The first kappa shape index (κ1) is 19.2. The number of sulfonamides is 1. The normalized spacial score (nSPS) is 15.1. The second kappa shape index (κ2) is 7.22. The van der Waals surface area contributed by atoms with E-state index >= 15 is 0 Å². The van der Waals surface area contributed by atoms with Crippen molar-refractivity contribution in [2.45, 2.75) is 30.3 Å². The van der Waals surface area contributed by atoms with Gasteiger partial charge in [-0.25, -0.2) is 8.42 Å². The van der Waals surface area contributed by atoms with Gasteiger partial charge in [-0.15, -0.1) is 0 Å². The van der Waals surface area contributed by atoms with E-state index in [1.807, 2.05) is 0 Å². The summed E-state index contributed by atoms with van der Waals surface area (Å²) in [5, 5.41) is 2.72. The lowest BCUT2D eigenvalue weighted by atomic mass is 9.85. The Balaban J connectivity index is 1.72. The molecule has 0 bridgehead atoms. The summed E-state index contributed by atoms with van der Waals surface area (Å²) in [6.45, 7) is 0. The minimum absolute atomic E-state index is 0.00372. The molecule has 2 aromatic rings. The summed E-state index contributed by atoms with van der Waals surface area (Å²) in [5.74, 6) is -0.102. The summed E-state index contributed by atoms with van der Waals surface area (Å²) in [5.41, 5.74) is -0.672. The van der Waals surface area contributed by atoms with Crippen LogP contribution in [-0.4, -0.2) is 14.3 Å². The van der Waals surface area contributed by atoms with Crippen molar-refractivity contribution >= 4 is 27.3 Å². The van der Waals surface area contributed by atoms with Crippen LogP contribution in [0, 0.1) is 5.92 Å². The molecule has 1 amide bonds. The molecule has 1 saturated carbocycles. The second-order valence-electron chi connectivity index (χ2n) is 6.33. The Bertz CT molecular complexity index is 937. The third kappa shape index (κ3) is 4.60. The highest BCUT2D eigenvalue weighted by Crippen LogP contribution is 2.31. The van der Waals surface area contributed by atoms with Crippen LogP contribution in [0.2, 0.25) is 0 Å². The number of anilines is 2. The van der Waals surface area contributed by atoms with E-state index in [2.05, 4.69) is 10.0 Å². The molecule has 1 aliphatic carbocycles. The third-order valence-corrected chi connectivity index (χ3v) is 5.75. The van der Waals surface area contributed by atoms with E-state index in [1.54, 1.807) is 0 Å². The van der Waals surface area contributed by atoms with Crippen LogP contribution in [0.4, 0.5) is 24.5 Å². The van der Waals surface area contributed by atoms with E-state index in [1.165, 1.54) is 30.3 Å². The van der Waals surface area contributed by atoms with Crippen molar-refractivity contribution < 1.29 is 26.4 Å². The zero-order valence-electron chi connectivity index (χ0n) is 14.1. The van der Waals surface area contributed by atoms with Crippen molar-refractivity contribution in [1.29, 1.82) is 0 Å². The molecule has 1 aliphatic rings. The van der Waals surface area contributed by atoms with Crippen molar-refractivity contribution in [3.8, 4) is 0 Å². The van der Waals surface area contributed by atoms with Crippen LogP contribution in [0.3, 0.4) is 0 Å². The van der Waals surface area contributed by atoms with Gasteiger partial charge in [0.15, 0.2) is 0 Å². The Kier molecular flexibility index (Phi) is 5.14. The Morgan fingerprint density at radius 2 is 1.67 bits per heavy atom. The number of hydrogen-bond donors (Lipinski definition) is 2. The number of rotatable bonds is 5. The number of amides is 1. The summed E-state index contributed by atoms with van der Waals surface area (Å²) in [4.78, 5) is 11.8. The number of carbonyl (C=O) groups excluding carboxylic acids is 1. The first-order valence-corrected chi connectivity index (χ1v) is 9.74. The van der Waals surface area contributed by atoms with Gasteiger partial charge in [0.1, 0.15) is 0 Å². The maximum Gasteiger partial charge on any atom is 0.416 e. The van der Waals surface area contributed by atoms with E-state index < -0.39 is 21.8 Å². The highest BCUT2D eigenvalue weighted by atomic mass is 32.2. The number of halogens is 3. The van der Waals surface area contributed by atoms with Crippen molar-refractivity contribution in [2.75, 3.05) is 10.0 Å². The van der Waals surface area contributed by atoms with E-state index in [-0.39, 0.29) is 22.4 Å². The molecule has 0 heterocycles. The molecule has 5 nitrogen and oxygen atoms in total. The molecule has 0 unspecified atom stereocenters. The van der Waals surface area contributed by atoms with Crippen LogP contribution < -0.4 is 10.0 Å². The van der Waals surface area contributed by atoms with Crippen LogP contribution in [0.25, 0.3) is 0 Å². The molecule has 144 valence electrons. The fourth-order valence-corrected chi connectivity index (χ4v) is 3.65. The van der Waals surface area contributed by atoms with Gasteiger partial charge in [-0.3, -0.25) is 9.52 Å². The monoisotopic (exact) mass is 398 g/mol. The Hall–Kier alpha value is -2.55. The van der Waals surface area contributed by atoms with Crippen molar-refractivity contribution in [1.82, 2.24) is 0 Å². The lowest BCUT2D eigenvalue weighted by molar-refractivity contribution is -0.137. The molecule has 2 N–H and O–H groups in total. The summed E-state index contributed by atoms with van der Waals surface area (Å²) in [7, 11) is -4.06. The minimum Gasteiger partial charge on any atom is -0.326 e. The van der Waals surface area contributed by atoms with Gasteiger partial charge in [-0.1, -0.05) is 12.5 Å². The second-order valence-corrected chi connectivity index (χ2v) is 8.01. The number of alkyl halides is 3. The molecular formula is C18H17F3N2O3S. The van der Waals surface area contributed by atoms with E-state index in [0.717, 1.165) is 37.5 Å². The summed E-state index contributed by atoms with van der Waals surface area (Å²) in [6.07, 6.45) is -1.85. The SMILES string of the molecule is O=C(Nc1ccc(S(=O)(=O)Nc2cccc(C(F)(F)F)c2)cc1)C1CCC1. The van der Waals surface area contributed by atoms with E-state index in [0.29, 0.717) is 5.69 Å². The fourth-order valence-electron chi connectivity index (χ4n) is 2.61. The maximum absolute atomic E-state index is 12.7. The zero-order valence-corrected chi connectivity index (χ0v) is 14.9. The Labute approximate surface area is 154 Å². The average Bonchev–Trinajstić information content (AvgIpc) is 2.52. The largest absolute Gasteiger partial charge is 0.416 e. The van der Waals surface area contributed by atoms with E-state index in [9.17, 15) is 26.4 Å². The first-order valence-electron chi connectivity index (χ1n) is 8.26. The summed E-state index contributed by atoms with van der Waals surface area (Å²) >= 11 is 0. The van der Waals surface area contributed by atoms with Gasteiger partial charge in [0.25, 0.3) is 10.0 Å². The van der Waals surface area contributed by atoms with Crippen molar-refractivity contribution in [2.24, 2.45) is 5.92 Å². The molecule has 0 atom stereocenters. The Morgan fingerprint density at radius 3 is 2.22 bits per heavy atom. The lowest BCUT2D eigenvalue weighted by Gasteiger charge is -2.24. The molecule has 3 rings (SSSR count). The summed E-state index contributed by atoms with van der Waals surface area (Å²) in [6, 6.07) is 9.40. The third-order valence-electron chi connectivity index (χ3n) is 4.35. The van der Waals surface area contributed by atoms with Crippen molar-refractivity contribution in [3.05, 3.63) is 54.1 Å². The van der Waals surface area contributed by atoms with Gasteiger partial charge >= 0.3 is 6.18 Å². The van der Waals surface area contributed by atoms with Crippen LogP contribution in [0.5, 0.6) is 0 Å². The van der Waals surface area contributed by atoms with Gasteiger partial charge in [0.2, 0.25) is 5.91 Å². The number of nitrogens with one attached hydrogen (secondary N) is 2. The number of hydrogen-bond acceptors (Lipinski definition) is 3. The molecule has 9 heteroatoms. The number of carbonyl (C=O) groups is 1. The molecule has 27 heavy (non-hydrogen) atoms. The van der Waals surface area contributed by atoms with Crippen molar-refractivity contribution in [3.63, 3.8) is 0 Å². The van der Waals surface area contributed by atoms with Gasteiger partial charge in [-0.05, 0) is 55.3 Å². The van der Waals surface area contributed by atoms with Crippen LogP contribution >= 0.6 is 0 Å². The predicted octanol–water partition coefficient (Wildman–Crippen LogP) is 4.24. The molecule has 0 aromatic heterocycles. The molecule has 1 fully saturated rings. The van der Waals surface area contributed by atoms with Crippen LogP contribution in [0.15, 0.2) is 53.4 Å². The van der Waals surface area contributed by atoms with Gasteiger partial charge in [0.05, 0.1) is 10.5 Å². The first-order chi connectivity index (χ1) is 12.6. The molecule has 0 aliphatic heterocycles. The average molecular weight is 398 g/mol. The van der Waals surface area contributed by atoms with Crippen LogP contribution in [-0.2, 0) is 21.0 Å².